The number of ether oxygens (including phenoxy) is 1. The summed E-state index contributed by atoms with van der Waals surface area (Å²) in [5.41, 5.74) is 2.01. The third kappa shape index (κ3) is 2.69. The lowest BCUT2D eigenvalue weighted by molar-refractivity contribution is -0.0877. The van der Waals surface area contributed by atoms with Crippen LogP contribution in [0.5, 0.6) is 0 Å². The molecule has 2 fully saturated rings. The van der Waals surface area contributed by atoms with Gasteiger partial charge >= 0.3 is 0 Å². The van der Waals surface area contributed by atoms with Gasteiger partial charge < -0.3 is 14.5 Å². The molecule has 114 valence electrons. The number of hydrogen-bond donors (Lipinski definition) is 0. The maximum Gasteiger partial charge on any atom is 0.151 e. The first-order valence-electron chi connectivity index (χ1n) is 7.76. The highest BCUT2D eigenvalue weighted by Gasteiger charge is 2.34. The summed E-state index contributed by atoms with van der Waals surface area (Å²) < 4.78 is 6.01. The molecule has 0 aliphatic carbocycles. The molecule has 0 amide bonds. The standard InChI is InChI=1S/C17H20N4O/c1-20-9-14-11-21(12-15(10-20)22-14)17-8-7-16(18-19-17)13-5-3-2-4-6-13/h2-8,14-15H,9-12H2,1H3. The molecule has 3 heterocycles. The lowest BCUT2D eigenvalue weighted by Crippen LogP contribution is -2.58. The minimum atomic E-state index is 0.271. The molecular weight excluding hydrogens is 276 g/mol. The van der Waals surface area contributed by atoms with E-state index in [0.29, 0.717) is 0 Å². The SMILES string of the molecule is CN1CC2CN(c3ccc(-c4ccccc4)nn3)CC(C1)O2. The molecule has 1 aromatic carbocycles. The molecule has 4 rings (SSSR count). The molecule has 2 atom stereocenters. The van der Waals surface area contributed by atoms with Gasteiger partial charge in [-0.05, 0) is 19.2 Å². The number of aromatic nitrogens is 2. The molecule has 5 heteroatoms. The molecule has 2 aliphatic rings. The van der Waals surface area contributed by atoms with E-state index in [1.807, 2.05) is 18.2 Å². The van der Waals surface area contributed by atoms with Crippen LogP contribution in [0.1, 0.15) is 0 Å². The van der Waals surface area contributed by atoms with E-state index in [4.69, 9.17) is 4.74 Å². The van der Waals surface area contributed by atoms with Crippen molar-refractivity contribution < 1.29 is 4.74 Å². The second kappa shape index (κ2) is 5.66. The number of fused-ring (bicyclic) bond motifs is 2. The third-order valence-corrected chi connectivity index (χ3v) is 4.31. The highest BCUT2D eigenvalue weighted by atomic mass is 16.5. The Morgan fingerprint density at radius 1 is 0.909 bits per heavy atom. The van der Waals surface area contributed by atoms with E-state index in [9.17, 15) is 0 Å². The van der Waals surface area contributed by atoms with Crippen LogP contribution in [-0.2, 0) is 4.74 Å². The molecule has 5 nitrogen and oxygen atoms in total. The molecule has 0 N–H and O–H groups in total. The third-order valence-electron chi connectivity index (χ3n) is 4.31. The zero-order valence-corrected chi connectivity index (χ0v) is 12.7. The number of nitrogens with zero attached hydrogens (tertiary/aromatic N) is 4. The van der Waals surface area contributed by atoms with E-state index in [1.165, 1.54) is 0 Å². The van der Waals surface area contributed by atoms with Crippen molar-refractivity contribution in [2.45, 2.75) is 12.2 Å². The van der Waals surface area contributed by atoms with Crippen LogP contribution in [0.4, 0.5) is 5.82 Å². The Morgan fingerprint density at radius 2 is 1.64 bits per heavy atom. The van der Waals surface area contributed by atoms with E-state index in [1.54, 1.807) is 0 Å². The van der Waals surface area contributed by atoms with Gasteiger partial charge in [0.15, 0.2) is 5.82 Å². The van der Waals surface area contributed by atoms with Crippen LogP contribution in [0.25, 0.3) is 11.3 Å². The first kappa shape index (κ1) is 13.7. The zero-order valence-electron chi connectivity index (χ0n) is 12.7. The van der Waals surface area contributed by atoms with Crippen LogP contribution in [0.2, 0.25) is 0 Å². The Kier molecular flexibility index (Phi) is 3.52. The van der Waals surface area contributed by atoms with Gasteiger partial charge in [-0.25, -0.2) is 0 Å². The van der Waals surface area contributed by atoms with Crippen molar-refractivity contribution in [2.75, 3.05) is 38.1 Å². The van der Waals surface area contributed by atoms with Gasteiger partial charge in [-0.1, -0.05) is 30.3 Å². The first-order valence-corrected chi connectivity index (χ1v) is 7.76. The molecule has 2 unspecified atom stereocenters. The van der Waals surface area contributed by atoms with E-state index in [-0.39, 0.29) is 12.2 Å². The maximum atomic E-state index is 6.01. The number of hydrogen-bond acceptors (Lipinski definition) is 5. The molecule has 1 aromatic heterocycles. The van der Waals surface area contributed by atoms with Crippen molar-refractivity contribution in [3.8, 4) is 11.3 Å². The highest BCUT2D eigenvalue weighted by molar-refractivity contribution is 5.59. The van der Waals surface area contributed by atoms with Gasteiger partial charge in [0, 0.05) is 31.7 Å². The molecule has 0 spiro atoms. The van der Waals surface area contributed by atoms with Gasteiger partial charge in [0.25, 0.3) is 0 Å². The van der Waals surface area contributed by atoms with Crippen LogP contribution in [-0.4, -0.2) is 60.5 Å². The lowest BCUT2D eigenvalue weighted by Gasteiger charge is -2.45. The molecule has 2 aliphatic heterocycles. The number of morpholine rings is 2. The monoisotopic (exact) mass is 296 g/mol. The Balaban J connectivity index is 1.52. The second-order valence-corrected chi connectivity index (χ2v) is 6.15. The van der Waals surface area contributed by atoms with Gasteiger partial charge in [-0.2, -0.15) is 0 Å². The van der Waals surface area contributed by atoms with Gasteiger partial charge in [0.2, 0.25) is 0 Å². The van der Waals surface area contributed by atoms with Crippen molar-refractivity contribution in [1.29, 1.82) is 0 Å². The predicted octanol–water partition coefficient (Wildman–Crippen LogP) is 1.66. The average molecular weight is 296 g/mol. The minimum absolute atomic E-state index is 0.271. The minimum Gasteiger partial charge on any atom is -0.369 e. The largest absolute Gasteiger partial charge is 0.369 e. The van der Waals surface area contributed by atoms with Crippen LogP contribution in [0, 0.1) is 0 Å². The molecule has 22 heavy (non-hydrogen) atoms. The molecular formula is C17H20N4O. The quantitative estimate of drug-likeness (QED) is 0.843. The summed E-state index contributed by atoms with van der Waals surface area (Å²) in [6.45, 7) is 3.76. The molecule has 0 saturated carbocycles. The van der Waals surface area contributed by atoms with Gasteiger partial charge in [0.05, 0.1) is 17.9 Å². The Hall–Kier alpha value is -1.98. The van der Waals surface area contributed by atoms with Crippen molar-refractivity contribution in [3.63, 3.8) is 0 Å². The second-order valence-electron chi connectivity index (χ2n) is 6.15. The molecule has 0 radical (unpaired) electrons. The lowest BCUT2D eigenvalue weighted by atomic mass is 10.1. The summed E-state index contributed by atoms with van der Waals surface area (Å²) in [6.07, 6.45) is 0.543. The van der Waals surface area contributed by atoms with Crippen LogP contribution in [0.3, 0.4) is 0 Å². The summed E-state index contributed by atoms with van der Waals surface area (Å²) in [7, 11) is 2.16. The van der Waals surface area contributed by atoms with Gasteiger partial charge in [-0.3, -0.25) is 0 Å². The van der Waals surface area contributed by atoms with E-state index < -0.39 is 0 Å². The number of likely N-dealkylation sites (N-methyl/N-ethyl adjacent to an activating group) is 1. The van der Waals surface area contributed by atoms with E-state index in [0.717, 1.165) is 43.3 Å². The fourth-order valence-electron chi connectivity index (χ4n) is 3.34. The topological polar surface area (TPSA) is 41.5 Å². The zero-order chi connectivity index (χ0) is 14.9. The van der Waals surface area contributed by atoms with Crippen molar-refractivity contribution in [2.24, 2.45) is 0 Å². The fourth-order valence-corrected chi connectivity index (χ4v) is 3.34. The molecule has 2 aromatic rings. The number of benzene rings is 1. The highest BCUT2D eigenvalue weighted by Crippen LogP contribution is 2.23. The van der Waals surface area contributed by atoms with Gasteiger partial charge in [-0.15, -0.1) is 10.2 Å². The summed E-state index contributed by atoms with van der Waals surface area (Å²) in [6, 6.07) is 14.3. The Labute approximate surface area is 130 Å². The van der Waals surface area contributed by atoms with E-state index >= 15 is 0 Å². The fraction of sp³-hybridized carbons (Fsp3) is 0.412. The smallest absolute Gasteiger partial charge is 0.151 e. The summed E-state index contributed by atoms with van der Waals surface area (Å²) in [5.74, 6) is 0.947. The van der Waals surface area contributed by atoms with Crippen molar-refractivity contribution in [3.05, 3.63) is 42.5 Å². The molecule has 2 bridgehead atoms. The predicted molar refractivity (Wildman–Crippen MR) is 85.8 cm³/mol. The number of anilines is 1. The maximum absolute atomic E-state index is 6.01. The van der Waals surface area contributed by atoms with Crippen molar-refractivity contribution >= 4 is 5.82 Å². The first-order chi connectivity index (χ1) is 10.8. The van der Waals surface area contributed by atoms with Crippen LogP contribution >= 0.6 is 0 Å². The van der Waals surface area contributed by atoms with Gasteiger partial charge in [0.1, 0.15) is 0 Å². The van der Waals surface area contributed by atoms with E-state index in [2.05, 4.69) is 51.3 Å². The van der Waals surface area contributed by atoms with Crippen LogP contribution in [0.15, 0.2) is 42.5 Å². The Morgan fingerprint density at radius 3 is 2.27 bits per heavy atom. The van der Waals surface area contributed by atoms with Crippen LogP contribution < -0.4 is 4.90 Å². The average Bonchev–Trinajstić information content (AvgIpc) is 2.55. The molecule has 2 saturated heterocycles. The summed E-state index contributed by atoms with van der Waals surface area (Å²) in [4.78, 5) is 4.65. The summed E-state index contributed by atoms with van der Waals surface area (Å²) >= 11 is 0. The number of rotatable bonds is 2. The Bertz CT molecular complexity index is 613. The normalized spacial score (nSPS) is 25.2. The summed E-state index contributed by atoms with van der Waals surface area (Å²) in [5, 5.41) is 8.82. The van der Waals surface area contributed by atoms with Crippen molar-refractivity contribution in [1.82, 2.24) is 15.1 Å².